The average Bonchev–Trinajstić information content (AvgIpc) is 2.85. The Balaban J connectivity index is 2.02. The molecule has 2 rings (SSSR count). The second kappa shape index (κ2) is 8.53. The molecule has 5 heteroatoms. The van der Waals surface area contributed by atoms with Crippen molar-refractivity contribution in [1.29, 1.82) is 0 Å². The predicted octanol–water partition coefficient (Wildman–Crippen LogP) is 4.06. The van der Waals surface area contributed by atoms with E-state index < -0.39 is 11.9 Å². The lowest BCUT2D eigenvalue weighted by Crippen LogP contribution is -2.10. The van der Waals surface area contributed by atoms with Crippen LogP contribution in [0.5, 0.6) is 0 Å². The molecule has 0 saturated heterocycles. The van der Waals surface area contributed by atoms with Gasteiger partial charge in [-0.3, -0.25) is 4.79 Å². The summed E-state index contributed by atoms with van der Waals surface area (Å²) in [7, 11) is 0. The first-order valence-corrected chi connectivity index (χ1v) is 8.20. The SMILES string of the molecule is C/C=C(\C=C/CCl)n1ccc(CC2=CC=CC(C(=O)O)CC2)n1. The minimum Gasteiger partial charge on any atom is -0.481 e. The van der Waals surface area contributed by atoms with Gasteiger partial charge >= 0.3 is 5.97 Å². The number of aliphatic carboxylic acids is 1. The molecular weight excluding hydrogens is 312 g/mol. The quantitative estimate of drug-likeness (QED) is 0.631. The number of carboxylic acids is 1. The molecule has 0 saturated carbocycles. The third-order valence-corrected chi connectivity index (χ3v) is 3.94. The Hall–Kier alpha value is -2.07. The molecule has 0 bridgehead atoms. The van der Waals surface area contributed by atoms with Crippen LogP contribution in [0, 0.1) is 5.92 Å². The average molecular weight is 333 g/mol. The second-order valence-electron chi connectivity index (χ2n) is 5.39. The summed E-state index contributed by atoms with van der Waals surface area (Å²) in [5.41, 5.74) is 3.14. The minimum atomic E-state index is -0.760. The first-order valence-electron chi connectivity index (χ1n) is 7.66. The van der Waals surface area contributed by atoms with Gasteiger partial charge in [0.05, 0.1) is 17.3 Å². The Morgan fingerprint density at radius 3 is 3.09 bits per heavy atom. The fourth-order valence-corrected chi connectivity index (χ4v) is 2.59. The standard InChI is InChI=1S/C18H21ClN2O2/c1-2-17(7-4-11-19)21-12-10-16(20-21)13-14-5-3-6-15(9-8-14)18(22)23/h2-7,10,12,15H,8-9,11,13H2,1H3,(H,22,23)/b7-4-,17-2+. The van der Waals surface area contributed by atoms with Gasteiger partial charge < -0.3 is 5.11 Å². The Morgan fingerprint density at radius 1 is 1.57 bits per heavy atom. The number of aromatic nitrogens is 2. The van der Waals surface area contributed by atoms with Gasteiger partial charge in [-0.15, -0.1) is 11.6 Å². The van der Waals surface area contributed by atoms with Crippen molar-refractivity contribution >= 4 is 23.3 Å². The van der Waals surface area contributed by atoms with Gasteiger partial charge in [0.15, 0.2) is 0 Å². The largest absolute Gasteiger partial charge is 0.481 e. The molecule has 1 aliphatic rings. The summed E-state index contributed by atoms with van der Waals surface area (Å²) >= 11 is 5.67. The maximum atomic E-state index is 11.1. The molecule has 0 aromatic carbocycles. The molecule has 23 heavy (non-hydrogen) atoms. The Kier molecular flexibility index (Phi) is 6.41. The van der Waals surface area contributed by atoms with Gasteiger partial charge in [0.25, 0.3) is 0 Å². The highest BCUT2D eigenvalue weighted by atomic mass is 35.5. The molecule has 1 atom stereocenters. The van der Waals surface area contributed by atoms with Gasteiger partial charge in [-0.1, -0.05) is 36.0 Å². The maximum Gasteiger partial charge on any atom is 0.310 e. The molecule has 1 heterocycles. The molecule has 4 nitrogen and oxygen atoms in total. The van der Waals surface area contributed by atoms with E-state index in [1.165, 1.54) is 5.57 Å². The van der Waals surface area contributed by atoms with E-state index in [9.17, 15) is 4.79 Å². The smallest absolute Gasteiger partial charge is 0.310 e. The van der Waals surface area contributed by atoms with Gasteiger partial charge in [-0.25, -0.2) is 4.68 Å². The van der Waals surface area contributed by atoms with Crippen LogP contribution in [0.2, 0.25) is 0 Å². The van der Waals surface area contributed by atoms with Crippen LogP contribution in [0.1, 0.15) is 25.5 Å². The Bertz CT molecular complexity index is 668. The van der Waals surface area contributed by atoms with E-state index in [1.807, 2.05) is 54.2 Å². The van der Waals surface area contributed by atoms with Crippen molar-refractivity contribution in [3.8, 4) is 0 Å². The zero-order valence-electron chi connectivity index (χ0n) is 13.2. The first kappa shape index (κ1) is 17.3. The van der Waals surface area contributed by atoms with Crippen LogP contribution in [0.15, 0.2) is 54.3 Å². The van der Waals surface area contributed by atoms with E-state index >= 15 is 0 Å². The van der Waals surface area contributed by atoms with Gasteiger partial charge in [0.1, 0.15) is 0 Å². The molecule has 1 aliphatic carbocycles. The summed E-state index contributed by atoms with van der Waals surface area (Å²) in [5, 5.41) is 13.7. The van der Waals surface area contributed by atoms with Crippen LogP contribution < -0.4 is 0 Å². The van der Waals surface area contributed by atoms with Gasteiger partial charge in [0, 0.05) is 18.5 Å². The number of hydrogen-bond acceptors (Lipinski definition) is 2. The van der Waals surface area contributed by atoms with Crippen LogP contribution in [0.4, 0.5) is 0 Å². The van der Waals surface area contributed by atoms with Crippen molar-refractivity contribution in [2.45, 2.75) is 26.2 Å². The van der Waals surface area contributed by atoms with E-state index in [2.05, 4.69) is 5.10 Å². The zero-order chi connectivity index (χ0) is 16.7. The third kappa shape index (κ3) is 4.96. The number of carbonyl (C=O) groups is 1. The topological polar surface area (TPSA) is 55.1 Å². The summed E-state index contributed by atoms with van der Waals surface area (Å²) < 4.78 is 1.82. The maximum absolute atomic E-state index is 11.1. The lowest BCUT2D eigenvalue weighted by atomic mass is 10.00. The molecule has 1 aromatic heterocycles. The van der Waals surface area contributed by atoms with E-state index in [-0.39, 0.29) is 0 Å². The summed E-state index contributed by atoms with van der Waals surface area (Å²) in [6.07, 6.45) is 15.5. The molecule has 1 aromatic rings. The molecule has 0 fully saturated rings. The van der Waals surface area contributed by atoms with Crippen molar-refractivity contribution in [2.75, 3.05) is 5.88 Å². The highest BCUT2D eigenvalue weighted by Gasteiger charge is 2.16. The monoisotopic (exact) mass is 332 g/mol. The molecule has 1 unspecified atom stereocenters. The van der Waals surface area contributed by atoms with Gasteiger partial charge in [0.2, 0.25) is 0 Å². The molecular formula is C18H21ClN2O2. The second-order valence-corrected chi connectivity index (χ2v) is 5.70. The molecule has 122 valence electrons. The fourth-order valence-electron chi connectivity index (χ4n) is 2.50. The van der Waals surface area contributed by atoms with Crippen LogP contribution in [0.25, 0.3) is 5.70 Å². The number of halogens is 1. The first-order chi connectivity index (χ1) is 11.1. The van der Waals surface area contributed by atoms with E-state index in [0.717, 1.165) is 24.2 Å². The van der Waals surface area contributed by atoms with Crippen LogP contribution in [-0.2, 0) is 11.2 Å². The van der Waals surface area contributed by atoms with E-state index in [0.29, 0.717) is 12.3 Å². The van der Waals surface area contributed by atoms with Crippen molar-refractivity contribution < 1.29 is 9.90 Å². The zero-order valence-corrected chi connectivity index (χ0v) is 13.9. The minimum absolute atomic E-state index is 0.392. The fraction of sp³-hybridized carbons (Fsp3) is 0.333. The summed E-state index contributed by atoms with van der Waals surface area (Å²) in [6, 6.07) is 1.99. The predicted molar refractivity (Wildman–Crippen MR) is 93.3 cm³/mol. The number of allylic oxidation sites excluding steroid dienone is 7. The number of rotatable bonds is 6. The molecule has 0 spiro atoms. The Labute approximate surface area is 141 Å². The summed E-state index contributed by atoms with van der Waals surface area (Å²) in [4.78, 5) is 11.1. The van der Waals surface area contributed by atoms with Gasteiger partial charge in [-0.2, -0.15) is 5.10 Å². The van der Waals surface area contributed by atoms with Crippen molar-refractivity contribution in [3.63, 3.8) is 0 Å². The number of nitrogens with zero attached hydrogens (tertiary/aromatic N) is 2. The number of carboxylic acid groups (broad SMARTS) is 1. The summed E-state index contributed by atoms with van der Waals surface area (Å²) in [6.45, 7) is 1.96. The van der Waals surface area contributed by atoms with Crippen LogP contribution in [0.3, 0.4) is 0 Å². The van der Waals surface area contributed by atoms with Crippen LogP contribution >= 0.6 is 11.6 Å². The van der Waals surface area contributed by atoms with Crippen molar-refractivity contribution in [3.05, 3.63) is 60.0 Å². The number of alkyl halides is 1. The van der Waals surface area contributed by atoms with Gasteiger partial charge in [-0.05, 0) is 31.9 Å². The molecule has 0 aliphatic heterocycles. The van der Waals surface area contributed by atoms with Crippen molar-refractivity contribution in [1.82, 2.24) is 9.78 Å². The lowest BCUT2D eigenvalue weighted by Gasteiger charge is -2.07. The van der Waals surface area contributed by atoms with E-state index in [4.69, 9.17) is 16.7 Å². The third-order valence-electron chi connectivity index (χ3n) is 3.76. The highest BCUT2D eigenvalue weighted by Crippen LogP contribution is 2.21. The Morgan fingerprint density at radius 2 is 2.39 bits per heavy atom. The van der Waals surface area contributed by atoms with Crippen LogP contribution in [-0.4, -0.2) is 26.7 Å². The van der Waals surface area contributed by atoms with Crippen molar-refractivity contribution in [2.24, 2.45) is 5.92 Å². The molecule has 0 amide bonds. The molecule has 0 radical (unpaired) electrons. The van der Waals surface area contributed by atoms with E-state index in [1.54, 1.807) is 6.08 Å². The number of hydrogen-bond donors (Lipinski definition) is 1. The summed E-state index contributed by atoms with van der Waals surface area (Å²) in [5.74, 6) is -0.685. The molecule has 1 N–H and O–H groups in total. The normalized spacial score (nSPS) is 19.0. The lowest BCUT2D eigenvalue weighted by molar-refractivity contribution is -0.140. The highest BCUT2D eigenvalue weighted by molar-refractivity contribution is 6.19.